The van der Waals surface area contributed by atoms with Crippen LogP contribution in [-0.4, -0.2) is 46.4 Å². The molecule has 0 atom stereocenters. The molecule has 0 bridgehead atoms. The number of aromatic nitrogens is 2. The Morgan fingerprint density at radius 2 is 1.96 bits per heavy atom. The summed E-state index contributed by atoms with van der Waals surface area (Å²) in [5.74, 6) is 0.0363. The van der Waals surface area contributed by atoms with Crippen molar-refractivity contribution in [1.29, 1.82) is 0 Å². The maximum absolute atomic E-state index is 12.7. The fourth-order valence-electron chi connectivity index (χ4n) is 3.15. The topological polar surface area (TPSA) is 40.9 Å². The third kappa shape index (κ3) is 2.67. The number of hydrogen-bond donors (Lipinski definition) is 0. The largest absolute Gasteiger partial charge is 0.368 e. The molecule has 1 amide bonds. The van der Waals surface area contributed by atoms with E-state index < -0.39 is 0 Å². The van der Waals surface area contributed by atoms with Gasteiger partial charge in [0.25, 0.3) is 5.91 Å². The van der Waals surface area contributed by atoms with Crippen LogP contribution in [0, 0.1) is 13.8 Å². The monoisotopic (exact) mass is 340 g/mol. The number of fused-ring (bicyclic) bond motifs is 1. The zero-order valence-electron chi connectivity index (χ0n) is 13.9. The Kier molecular flexibility index (Phi) is 3.76. The minimum Gasteiger partial charge on any atom is -0.368 e. The summed E-state index contributed by atoms with van der Waals surface area (Å²) in [5, 5.41) is 2.05. The van der Waals surface area contributed by atoms with Crippen LogP contribution in [0.5, 0.6) is 0 Å². The van der Waals surface area contributed by atoms with Crippen molar-refractivity contribution in [3.8, 4) is 0 Å². The molecule has 1 aliphatic rings. The van der Waals surface area contributed by atoms with Crippen molar-refractivity contribution < 1.29 is 4.79 Å². The molecule has 3 aromatic rings. The summed E-state index contributed by atoms with van der Waals surface area (Å²) in [4.78, 5) is 22.3. The van der Waals surface area contributed by atoms with Crippen LogP contribution in [0.4, 0.5) is 5.69 Å². The van der Waals surface area contributed by atoms with Gasteiger partial charge in [0.1, 0.15) is 5.69 Å². The van der Waals surface area contributed by atoms with Gasteiger partial charge in [-0.25, -0.2) is 4.98 Å². The second kappa shape index (κ2) is 5.94. The molecule has 0 radical (unpaired) electrons. The average molecular weight is 340 g/mol. The number of amides is 1. The van der Waals surface area contributed by atoms with Crippen LogP contribution >= 0.6 is 11.3 Å². The quantitative estimate of drug-likeness (QED) is 0.720. The molecule has 5 nitrogen and oxygen atoms in total. The van der Waals surface area contributed by atoms with Crippen LogP contribution in [0.25, 0.3) is 4.96 Å². The SMILES string of the molecule is Cc1cccc(N2CCN(C(=O)c3cn4c(C)csc4n3)CC2)c1. The summed E-state index contributed by atoms with van der Waals surface area (Å²) in [6, 6.07) is 8.53. The predicted octanol–water partition coefficient (Wildman–Crippen LogP) is 2.98. The van der Waals surface area contributed by atoms with E-state index in [1.807, 2.05) is 22.4 Å². The molecule has 6 heteroatoms. The number of hydrogen-bond acceptors (Lipinski definition) is 4. The van der Waals surface area contributed by atoms with Crippen LogP contribution < -0.4 is 4.90 Å². The van der Waals surface area contributed by atoms with Gasteiger partial charge in [0.15, 0.2) is 4.96 Å². The van der Waals surface area contributed by atoms with Crippen LogP contribution in [-0.2, 0) is 0 Å². The number of nitrogens with zero attached hydrogens (tertiary/aromatic N) is 4. The summed E-state index contributed by atoms with van der Waals surface area (Å²) < 4.78 is 1.99. The summed E-state index contributed by atoms with van der Waals surface area (Å²) in [5.41, 5.74) is 4.17. The Hall–Kier alpha value is -2.34. The molecule has 3 heterocycles. The molecule has 0 saturated carbocycles. The van der Waals surface area contributed by atoms with Crippen LogP contribution in [0.2, 0.25) is 0 Å². The van der Waals surface area contributed by atoms with E-state index in [0.717, 1.165) is 36.8 Å². The first-order chi connectivity index (χ1) is 11.6. The van der Waals surface area contributed by atoms with Gasteiger partial charge < -0.3 is 9.80 Å². The lowest BCUT2D eigenvalue weighted by Crippen LogP contribution is -2.48. The van der Waals surface area contributed by atoms with E-state index in [4.69, 9.17) is 0 Å². The Balaban J connectivity index is 1.46. The van der Waals surface area contributed by atoms with Gasteiger partial charge in [0, 0.05) is 49.1 Å². The fourth-order valence-corrected chi connectivity index (χ4v) is 4.00. The minimum absolute atomic E-state index is 0.0363. The summed E-state index contributed by atoms with van der Waals surface area (Å²) in [6.45, 7) is 7.32. The number of thiazole rings is 1. The second-order valence-electron chi connectivity index (χ2n) is 6.27. The van der Waals surface area contributed by atoms with Crippen LogP contribution in [0.3, 0.4) is 0 Å². The molecule has 2 aromatic heterocycles. The molecule has 0 spiro atoms. The molecular formula is C18H20N4OS. The van der Waals surface area contributed by atoms with E-state index >= 15 is 0 Å². The molecule has 0 N–H and O–H groups in total. The predicted molar refractivity (Wildman–Crippen MR) is 97.1 cm³/mol. The van der Waals surface area contributed by atoms with Gasteiger partial charge >= 0.3 is 0 Å². The number of aryl methyl sites for hydroxylation is 2. The fraction of sp³-hybridized carbons (Fsp3) is 0.333. The molecule has 1 fully saturated rings. The second-order valence-corrected chi connectivity index (χ2v) is 7.11. The lowest BCUT2D eigenvalue weighted by molar-refractivity contribution is 0.0741. The first kappa shape index (κ1) is 15.2. The van der Waals surface area contributed by atoms with Crippen molar-refractivity contribution in [2.45, 2.75) is 13.8 Å². The number of anilines is 1. The molecule has 124 valence electrons. The highest BCUT2D eigenvalue weighted by Gasteiger charge is 2.24. The lowest BCUT2D eigenvalue weighted by Gasteiger charge is -2.36. The highest BCUT2D eigenvalue weighted by atomic mass is 32.1. The summed E-state index contributed by atoms with van der Waals surface area (Å²) in [7, 11) is 0. The van der Waals surface area contributed by atoms with Gasteiger partial charge in [-0.2, -0.15) is 0 Å². The van der Waals surface area contributed by atoms with Gasteiger partial charge in [-0.15, -0.1) is 11.3 Å². The standard InChI is InChI=1S/C18H20N4OS/c1-13-4-3-5-15(10-13)20-6-8-21(9-7-20)17(23)16-11-22-14(2)12-24-18(22)19-16/h3-5,10-12H,6-9H2,1-2H3. The van der Waals surface area contributed by atoms with Crippen molar-refractivity contribution in [2.75, 3.05) is 31.1 Å². The maximum Gasteiger partial charge on any atom is 0.274 e. The third-order valence-corrected chi connectivity index (χ3v) is 5.50. The van der Waals surface area contributed by atoms with E-state index in [0.29, 0.717) is 5.69 Å². The van der Waals surface area contributed by atoms with Gasteiger partial charge in [-0.1, -0.05) is 12.1 Å². The lowest BCUT2D eigenvalue weighted by atomic mass is 10.2. The number of imidazole rings is 1. The maximum atomic E-state index is 12.7. The van der Waals surface area contributed by atoms with Crippen LogP contribution in [0.1, 0.15) is 21.7 Å². The Morgan fingerprint density at radius 3 is 2.67 bits per heavy atom. The van der Waals surface area contributed by atoms with Crippen molar-refractivity contribution in [1.82, 2.24) is 14.3 Å². The van der Waals surface area contributed by atoms with Crippen molar-refractivity contribution in [3.63, 3.8) is 0 Å². The number of benzene rings is 1. The number of carbonyl (C=O) groups is 1. The highest BCUT2D eigenvalue weighted by Crippen LogP contribution is 2.20. The summed E-state index contributed by atoms with van der Waals surface area (Å²) in [6.07, 6.45) is 1.86. The molecule has 4 rings (SSSR count). The number of carbonyl (C=O) groups excluding carboxylic acids is 1. The van der Waals surface area contributed by atoms with Crippen molar-refractivity contribution >= 4 is 27.9 Å². The van der Waals surface area contributed by atoms with Gasteiger partial charge in [-0.3, -0.25) is 9.20 Å². The van der Waals surface area contributed by atoms with E-state index in [-0.39, 0.29) is 5.91 Å². The first-order valence-corrected chi connectivity index (χ1v) is 9.04. The van der Waals surface area contributed by atoms with Gasteiger partial charge in [-0.05, 0) is 31.5 Å². The zero-order chi connectivity index (χ0) is 16.7. The van der Waals surface area contributed by atoms with E-state index in [1.54, 1.807) is 11.3 Å². The third-order valence-electron chi connectivity index (χ3n) is 4.54. The normalized spacial score (nSPS) is 15.2. The summed E-state index contributed by atoms with van der Waals surface area (Å²) >= 11 is 1.57. The smallest absolute Gasteiger partial charge is 0.274 e. The molecule has 24 heavy (non-hydrogen) atoms. The Bertz CT molecular complexity index is 889. The molecule has 1 saturated heterocycles. The molecule has 1 aromatic carbocycles. The van der Waals surface area contributed by atoms with Gasteiger partial charge in [0.2, 0.25) is 0 Å². The Morgan fingerprint density at radius 1 is 1.17 bits per heavy atom. The molecular weight excluding hydrogens is 320 g/mol. The Labute approximate surface area is 145 Å². The van der Waals surface area contributed by atoms with Crippen molar-refractivity contribution in [3.05, 3.63) is 52.8 Å². The molecule has 0 aliphatic carbocycles. The highest BCUT2D eigenvalue weighted by molar-refractivity contribution is 7.15. The van der Waals surface area contributed by atoms with E-state index in [2.05, 4.69) is 46.5 Å². The number of rotatable bonds is 2. The van der Waals surface area contributed by atoms with Crippen molar-refractivity contribution in [2.24, 2.45) is 0 Å². The van der Waals surface area contributed by atoms with E-state index in [1.165, 1.54) is 11.3 Å². The number of piperazine rings is 1. The minimum atomic E-state index is 0.0363. The first-order valence-electron chi connectivity index (χ1n) is 8.16. The van der Waals surface area contributed by atoms with Gasteiger partial charge in [0.05, 0.1) is 0 Å². The molecule has 0 unspecified atom stereocenters. The average Bonchev–Trinajstić information content (AvgIpc) is 3.17. The van der Waals surface area contributed by atoms with Crippen LogP contribution in [0.15, 0.2) is 35.8 Å². The zero-order valence-corrected chi connectivity index (χ0v) is 14.7. The van der Waals surface area contributed by atoms with E-state index in [9.17, 15) is 4.79 Å². The molecule has 1 aliphatic heterocycles.